The van der Waals surface area contributed by atoms with Crippen LogP contribution in [0.3, 0.4) is 0 Å². The highest BCUT2D eigenvalue weighted by atomic mass is 32.2. The van der Waals surface area contributed by atoms with Crippen molar-refractivity contribution in [2.45, 2.75) is 31.5 Å². The number of alkyl halides is 3. The van der Waals surface area contributed by atoms with E-state index < -0.39 is 21.8 Å². The third-order valence-electron chi connectivity index (χ3n) is 3.99. The summed E-state index contributed by atoms with van der Waals surface area (Å²) in [5.41, 5.74) is 0.958. The molecule has 0 aliphatic carbocycles. The minimum Gasteiger partial charge on any atom is -0.246 e. The number of aryl methyl sites for hydroxylation is 2. The predicted octanol–water partition coefficient (Wildman–Crippen LogP) is 3.76. The number of benzene rings is 2. The van der Waals surface area contributed by atoms with Crippen molar-refractivity contribution in [2.24, 2.45) is 0 Å². The van der Waals surface area contributed by atoms with Gasteiger partial charge in [-0.1, -0.05) is 24.3 Å². The minimum absolute atomic E-state index is 0.0160. The van der Waals surface area contributed by atoms with Gasteiger partial charge in [0.15, 0.2) is 0 Å². The van der Waals surface area contributed by atoms with Gasteiger partial charge in [0.1, 0.15) is 6.33 Å². The summed E-state index contributed by atoms with van der Waals surface area (Å²) in [6, 6.07) is 9.86. The van der Waals surface area contributed by atoms with E-state index in [0.29, 0.717) is 11.1 Å². The van der Waals surface area contributed by atoms with Gasteiger partial charge in [0.05, 0.1) is 17.0 Å². The van der Waals surface area contributed by atoms with Crippen molar-refractivity contribution < 1.29 is 21.6 Å². The number of halogens is 3. The van der Waals surface area contributed by atoms with Crippen LogP contribution >= 0.6 is 0 Å². The molecule has 1 N–H and O–H groups in total. The Morgan fingerprint density at radius 3 is 2.57 bits per heavy atom. The topological polar surface area (TPSA) is 76.9 Å². The average Bonchev–Trinajstić information content (AvgIpc) is 3.02. The lowest BCUT2D eigenvalue weighted by molar-refractivity contribution is -0.137. The molecule has 0 spiro atoms. The largest absolute Gasteiger partial charge is 0.416 e. The molecule has 28 heavy (non-hydrogen) atoms. The van der Waals surface area contributed by atoms with Gasteiger partial charge in [-0.15, -0.1) is 5.10 Å². The lowest BCUT2D eigenvalue weighted by Crippen LogP contribution is -2.16. The first-order valence-corrected chi connectivity index (χ1v) is 9.68. The van der Waals surface area contributed by atoms with Crippen molar-refractivity contribution in [3.63, 3.8) is 0 Å². The number of hydrogen-bond acceptors (Lipinski definition) is 4. The number of nitrogens with zero attached hydrogens (tertiary/aromatic N) is 3. The number of rotatable bonds is 5. The van der Waals surface area contributed by atoms with Gasteiger partial charge in [0, 0.05) is 0 Å². The maximum Gasteiger partial charge on any atom is 0.416 e. The van der Waals surface area contributed by atoms with Crippen LogP contribution in [0.4, 0.5) is 19.1 Å². The van der Waals surface area contributed by atoms with Crippen molar-refractivity contribution in [3.05, 3.63) is 71.0 Å². The number of sulfonamides is 1. The maximum absolute atomic E-state index is 12.8. The Bertz CT molecular complexity index is 1110. The van der Waals surface area contributed by atoms with Crippen LogP contribution in [0, 0.1) is 13.8 Å². The highest BCUT2D eigenvalue weighted by molar-refractivity contribution is 7.92. The van der Waals surface area contributed by atoms with Gasteiger partial charge in [-0.25, -0.2) is 17.8 Å². The highest BCUT2D eigenvalue weighted by Gasteiger charge is 2.30. The van der Waals surface area contributed by atoms with Gasteiger partial charge in [0.2, 0.25) is 0 Å². The van der Waals surface area contributed by atoms with E-state index in [1.807, 2.05) is 0 Å². The van der Waals surface area contributed by atoms with E-state index in [1.54, 1.807) is 26.0 Å². The second-order valence-electron chi connectivity index (χ2n) is 6.34. The summed E-state index contributed by atoms with van der Waals surface area (Å²) < 4.78 is 67.1. The third-order valence-corrected chi connectivity index (χ3v) is 5.46. The first-order valence-electron chi connectivity index (χ1n) is 8.20. The number of aromatic nitrogens is 3. The van der Waals surface area contributed by atoms with E-state index >= 15 is 0 Å². The predicted molar refractivity (Wildman–Crippen MR) is 97.3 cm³/mol. The Morgan fingerprint density at radius 1 is 1.11 bits per heavy atom. The molecule has 1 aromatic heterocycles. The normalized spacial score (nSPS) is 12.2. The van der Waals surface area contributed by atoms with E-state index in [-0.39, 0.29) is 17.4 Å². The van der Waals surface area contributed by atoms with Gasteiger partial charge >= 0.3 is 6.18 Å². The minimum atomic E-state index is -4.44. The first-order chi connectivity index (χ1) is 13.0. The molecular formula is C18H17F3N4O2S. The SMILES string of the molecule is Cc1ccc(C)c(S(=O)(=O)Nc2ncn(Cc3cccc(C(F)(F)F)c3)n2)c1. The molecule has 10 heteroatoms. The molecule has 0 saturated carbocycles. The molecule has 6 nitrogen and oxygen atoms in total. The zero-order valence-electron chi connectivity index (χ0n) is 15.0. The fourth-order valence-electron chi connectivity index (χ4n) is 2.62. The van der Waals surface area contributed by atoms with Crippen LogP contribution in [-0.4, -0.2) is 23.2 Å². The summed E-state index contributed by atoms with van der Waals surface area (Å²) in [6.07, 6.45) is -3.19. The molecule has 0 bridgehead atoms. The van der Waals surface area contributed by atoms with Crippen molar-refractivity contribution >= 4 is 16.0 Å². The van der Waals surface area contributed by atoms with E-state index in [2.05, 4.69) is 14.8 Å². The van der Waals surface area contributed by atoms with Crippen molar-refractivity contribution in [2.75, 3.05) is 4.72 Å². The lowest BCUT2D eigenvalue weighted by Gasteiger charge is -2.09. The summed E-state index contributed by atoms with van der Waals surface area (Å²) in [7, 11) is -3.89. The van der Waals surface area contributed by atoms with Gasteiger partial charge < -0.3 is 0 Å². The summed E-state index contributed by atoms with van der Waals surface area (Å²) in [6.45, 7) is 3.47. The molecule has 0 atom stereocenters. The second-order valence-corrected chi connectivity index (χ2v) is 7.99. The molecule has 1 heterocycles. The van der Waals surface area contributed by atoms with Crippen LogP contribution in [0.2, 0.25) is 0 Å². The van der Waals surface area contributed by atoms with Crippen LogP contribution in [-0.2, 0) is 22.7 Å². The van der Waals surface area contributed by atoms with Crippen LogP contribution in [0.1, 0.15) is 22.3 Å². The van der Waals surface area contributed by atoms with E-state index in [0.717, 1.165) is 17.7 Å². The lowest BCUT2D eigenvalue weighted by atomic mass is 10.1. The first kappa shape index (κ1) is 19.9. The molecule has 0 aliphatic heterocycles. The smallest absolute Gasteiger partial charge is 0.246 e. The summed E-state index contributed by atoms with van der Waals surface area (Å²) >= 11 is 0. The Kier molecular flexibility index (Phi) is 5.16. The van der Waals surface area contributed by atoms with Crippen molar-refractivity contribution in [1.82, 2.24) is 14.8 Å². The summed E-state index contributed by atoms with van der Waals surface area (Å²) in [5.74, 6) is -0.159. The monoisotopic (exact) mass is 410 g/mol. The standard InChI is InChI=1S/C18H17F3N4O2S/c1-12-6-7-13(2)16(8-12)28(26,27)24-17-22-11-25(23-17)10-14-4-3-5-15(9-14)18(19,20)21/h3-9,11H,10H2,1-2H3,(H,23,24). The Labute approximate surface area is 160 Å². The summed E-state index contributed by atoms with van der Waals surface area (Å²) in [5, 5.41) is 3.99. The molecule has 3 aromatic rings. The molecule has 0 radical (unpaired) electrons. The fourth-order valence-corrected chi connectivity index (χ4v) is 3.90. The van der Waals surface area contributed by atoms with E-state index in [4.69, 9.17) is 0 Å². The number of anilines is 1. The van der Waals surface area contributed by atoms with E-state index in [1.165, 1.54) is 29.2 Å². The van der Waals surface area contributed by atoms with E-state index in [9.17, 15) is 21.6 Å². The number of hydrogen-bond donors (Lipinski definition) is 1. The molecule has 0 aliphatic rings. The Morgan fingerprint density at radius 2 is 1.86 bits per heavy atom. The molecular weight excluding hydrogens is 393 g/mol. The Balaban J connectivity index is 1.79. The van der Waals surface area contributed by atoms with Crippen LogP contribution < -0.4 is 4.72 Å². The molecule has 148 valence electrons. The van der Waals surface area contributed by atoms with Gasteiger partial charge in [-0.3, -0.25) is 0 Å². The fraction of sp³-hybridized carbons (Fsp3) is 0.222. The maximum atomic E-state index is 12.8. The van der Waals surface area contributed by atoms with Crippen LogP contribution in [0.5, 0.6) is 0 Å². The molecule has 0 amide bonds. The second kappa shape index (κ2) is 7.27. The molecule has 0 saturated heterocycles. The number of nitrogens with one attached hydrogen (secondary N) is 1. The van der Waals surface area contributed by atoms with Gasteiger partial charge in [-0.05, 0) is 48.7 Å². The molecule has 0 unspecified atom stereocenters. The third kappa shape index (κ3) is 4.50. The quantitative estimate of drug-likeness (QED) is 0.695. The van der Waals surface area contributed by atoms with Crippen molar-refractivity contribution in [3.8, 4) is 0 Å². The summed E-state index contributed by atoms with van der Waals surface area (Å²) in [4.78, 5) is 4.00. The average molecular weight is 410 g/mol. The zero-order valence-corrected chi connectivity index (χ0v) is 15.8. The Hall–Kier alpha value is -2.88. The van der Waals surface area contributed by atoms with Crippen LogP contribution in [0.15, 0.2) is 53.7 Å². The highest BCUT2D eigenvalue weighted by Crippen LogP contribution is 2.29. The molecule has 0 fully saturated rings. The molecule has 2 aromatic carbocycles. The molecule has 3 rings (SSSR count). The van der Waals surface area contributed by atoms with Gasteiger partial charge in [0.25, 0.3) is 16.0 Å². The zero-order chi connectivity index (χ0) is 20.5. The van der Waals surface area contributed by atoms with Gasteiger partial charge in [-0.2, -0.15) is 18.2 Å². The van der Waals surface area contributed by atoms with Crippen LogP contribution in [0.25, 0.3) is 0 Å². The van der Waals surface area contributed by atoms with Crippen molar-refractivity contribution in [1.29, 1.82) is 0 Å².